The quantitative estimate of drug-likeness (QED) is 0.134. The van der Waals surface area contributed by atoms with E-state index in [0.717, 1.165) is 88.6 Å². The average Bonchev–Trinajstić information content (AvgIpc) is 3.83. The number of carbonyl (C=O) groups is 3. The minimum atomic E-state index is -1.67. The molecule has 7 saturated carbocycles. The summed E-state index contributed by atoms with van der Waals surface area (Å²) < 4.78 is 5.67. The number of fused-ring (bicyclic) bond motifs is 10. The number of hydrogen-bond donors (Lipinski definition) is 5. The van der Waals surface area contributed by atoms with Crippen molar-refractivity contribution in [2.75, 3.05) is 12.8 Å². The maximum atomic E-state index is 11.8. The Bertz CT molecular complexity index is 1980. The molecule has 8 aliphatic carbocycles. The van der Waals surface area contributed by atoms with Gasteiger partial charge in [-0.05, 0) is 209 Å². The summed E-state index contributed by atoms with van der Waals surface area (Å²) in [6, 6.07) is 10.2. The van der Waals surface area contributed by atoms with E-state index in [4.69, 9.17) is 26.5 Å². The zero-order valence-electron chi connectivity index (χ0n) is 43.6. The van der Waals surface area contributed by atoms with Crippen molar-refractivity contribution in [2.24, 2.45) is 74.9 Å². The summed E-state index contributed by atoms with van der Waals surface area (Å²) in [5.74, 6) is 4.41. The minimum absolute atomic E-state index is 0.0591. The van der Waals surface area contributed by atoms with Gasteiger partial charge in [-0.2, -0.15) is 0 Å². The lowest BCUT2D eigenvalue weighted by Gasteiger charge is -2.62. The predicted octanol–water partition coefficient (Wildman–Crippen LogP) is 13.4. The second-order valence-electron chi connectivity index (χ2n) is 23.8. The Kier molecular flexibility index (Phi) is 19.5. The molecule has 5 N–H and O–H groups in total. The monoisotopic (exact) mass is 1010 g/mol. The molecule has 0 bridgehead atoms. The highest BCUT2D eigenvalue weighted by molar-refractivity contribution is 8.69. The van der Waals surface area contributed by atoms with Crippen LogP contribution in [0.1, 0.15) is 184 Å². The Balaban J connectivity index is 0.000000168. The molecule has 1 aromatic rings. The fourth-order valence-corrected chi connectivity index (χ4v) is 21.1. The van der Waals surface area contributed by atoms with E-state index in [1.807, 2.05) is 38.1 Å². The zero-order chi connectivity index (χ0) is 50.5. The van der Waals surface area contributed by atoms with Crippen LogP contribution in [-0.4, -0.2) is 74.3 Å². The molecule has 0 aliphatic heterocycles. The van der Waals surface area contributed by atoms with Gasteiger partial charge >= 0.3 is 11.9 Å². The normalized spacial score (nSPS) is 40.8. The molecule has 8 aliphatic rings. The Labute approximate surface area is 425 Å². The third-order valence-electron chi connectivity index (χ3n) is 20.4. The van der Waals surface area contributed by atoms with Crippen molar-refractivity contribution in [1.82, 2.24) is 0 Å². The van der Waals surface area contributed by atoms with E-state index in [1.54, 1.807) is 11.4 Å². The second kappa shape index (κ2) is 23.7. The lowest BCUT2D eigenvalue weighted by atomic mass is 9.43. The van der Waals surface area contributed by atoms with Crippen LogP contribution >= 0.6 is 16.8 Å². The fourth-order valence-electron chi connectivity index (χ4n) is 16.5. The lowest BCUT2D eigenvalue weighted by Crippen LogP contribution is -2.58. The van der Waals surface area contributed by atoms with E-state index < -0.39 is 17.4 Å². The van der Waals surface area contributed by atoms with Gasteiger partial charge in [0.15, 0.2) is 5.78 Å². The van der Waals surface area contributed by atoms with E-state index in [-0.39, 0.29) is 46.4 Å². The molecule has 0 amide bonds. The number of aliphatic hydroxyl groups is 3. The standard InChI is InChI=1S/C24H40O4.C19H28O2.C10H15OPS2.C4H8O2/c1-14(4-9-22(27)28)18-7-8-19-17-6-5-15-12-16(25)10-11-23(15,2)20(17)13-21(26)24(18,19)3;1-18-9-7-13(20)11-12(18)3-4-14-15-5-6-17(21)19(15,2)10-8-16(14)18;1-3-11-12(13,4-2)14-10-8-6-5-7-9-10;1-2-3-4(5)6/h14-21,25-26H,4-13H2,1-3H3,(H,27,28);11,14-17,21H,3-10H2,1-2H3;5-9H,3-4H2,1-2H3;2-3H2,1H3,(H,5,6)/t14-,15-,16-,17+,18-,19+,20+,21+,23+,24-;14-,15-,16-,17-,18-,19-;;/m10../s1. The van der Waals surface area contributed by atoms with Gasteiger partial charge in [0.1, 0.15) is 5.47 Å². The molecule has 9 rings (SSSR count). The first-order valence-electron chi connectivity index (χ1n) is 27.3. The first-order valence-corrected chi connectivity index (χ1v) is 31.6. The Morgan fingerprint density at radius 1 is 0.754 bits per heavy atom. The third-order valence-corrected chi connectivity index (χ3v) is 26.9. The van der Waals surface area contributed by atoms with Crippen molar-refractivity contribution in [3.8, 4) is 0 Å². The highest BCUT2D eigenvalue weighted by atomic mass is 32.9. The van der Waals surface area contributed by atoms with E-state index in [2.05, 4.69) is 53.7 Å². The Morgan fingerprint density at radius 3 is 2.06 bits per heavy atom. The Hall–Kier alpha value is -1.59. The zero-order valence-corrected chi connectivity index (χ0v) is 46.1. The van der Waals surface area contributed by atoms with Crippen molar-refractivity contribution in [3.63, 3.8) is 0 Å². The third kappa shape index (κ3) is 12.2. The number of carbonyl (C=O) groups excluding carboxylic acids is 1. The van der Waals surface area contributed by atoms with Gasteiger partial charge in [-0.1, -0.05) is 95.4 Å². The smallest absolute Gasteiger partial charge is 0.303 e. The van der Waals surface area contributed by atoms with E-state index in [1.165, 1.54) is 55.4 Å². The maximum Gasteiger partial charge on any atom is 0.303 e. The first-order chi connectivity index (χ1) is 32.6. The van der Waals surface area contributed by atoms with E-state index in [0.29, 0.717) is 60.2 Å². The van der Waals surface area contributed by atoms with Crippen LogP contribution in [0.15, 0.2) is 46.9 Å². The van der Waals surface area contributed by atoms with Gasteiger partial charge in [0, 0.05) is 36.9 Å². The molecule has 9 nitrogen and oxygen atoms in total. The van der Waals surface area contributed by atoms with Crippen LogP contribution in [-0.2, 0) is 30.7 Å². The van der Waals surface area contributed by atoms with Gasteiger partial charge in [-0.15, -0.1) is 0 Å². The van der Waals surface area contributed by atoms with Crippen molar-refractivity contribution in [2.45, 2.75) is 207 Å². The molecule has 17 atom stereocenters. The SMILES string of the molecule is CCCC(=O)O.CCOP(=S)(CC)Sc1ccccc1.C[C@H](CCC(=O)O)[C@H]1CC[C@H]2[C@@H]3CC[C@@H]4C[C@H](O)CC[C@]4(C)[C@H]3C[C@H](O)[C@]12C.C[C@]12CC[C@H]3[C@@H](CCC4=CC(=O)CC[C@@]43C)[C@@H]1CC[C@@H]2O. The number of carboxylic acid groups (broad SMARTS) is 2. The minimum Gasteiger partial charge on any atom is -0.481 e. The number of allylic oxidation sites excluding steroid dienone is 1. The molecule has 12 heteroatoms. The number of aliphatic hydroxyl groups excluding tert-OH is 3. The molecule has 0 radical (unpaired) electrons. The number of ketones is 1. The number of rotatable bonds is 11. The van der Waals surface area contributed by atoms with Gasteiger partial charge in [-0.3, -0.25) is 14.4 Å². The number of benzene rings is 1. The molecule has 0 heterocycles. The topological polar surface area (TPSA) is 162 Å². The van der Waals surface area contributed by atoms with Gasteiger partial charge in [0.25, 0.3) is 0 Å². The molecular formula is C57H91O9PS2. The fraction of sp³-hybridized carbons (Fsp3) is 0.807. The Morgan fingerprint density at radius 2 is 1.42 bits per heavy atom. The van der Waals surface area contributed by atoms with Gasteiger partial charge in [0.05, 0.1) is 18.3 Å². The second-order valence-corrected chi connectivity index (χ2v) is 31.3. The number of carboxylic acids is 2. The van der Waals surface area contributed by atoms with Crippen molar-refractivity contribution in [3.05, 3.63) is 42.0 Å². The summed E-state index contributed by atoms with van der Waals surface area (Å²) in [6.45, 7) is 18.4. The molecule has 390 valence electrons. The van der Waals surface area contributed by atoms with E-state index >= 15 is 0 Å². The predicted molar refractivity (Wildman–Crippen MR) is 283 cm³/mol. The number of aliphatic carboxylic acids is 2. The summed E-state index contributed by atoms with van der Waals surface area (Å²) >= 11 is 7.26. The summed E-state index contributed by atoms with van der Waals surface area (Å²) in [6.07, 6.45) is 21.9. The molecule has 7 fully saturated rings. The van der Waals surface area contributed by atoms with Gasteiger partial charge in [-0.25, -0.2) is 0 Å². The largest absolute Gasteiger partial charge is 0.481 e. The van der Waals surface area contributed by atoms with Crippen LogP contribution < -0.4 is 0 Å². The summed E-state index contributed by atoms with van der Waals surface area (Å²) in [4.78, 5) is 33.7. The highest BCUT2D eigenvalue weighted by Crippen LogP contribution is 2.69. The van der Waals surface area contributed by atoms with Crippen LogP contribution in [0, 0.1) is 74.9 Å². The molecule has 0 spiro atoms. The molecule has 0 saturated heterocycles. The van der Waals surface area contributed by atoms with Crippen LogP contribution in [0.4, 0.5) is 0 Å². The first kappa shape index (κ1) is 56.7. The van der Waals surface area contributed by atoms with E-state index in [9.17, 15) is 29.7 Å². The summed E-state index contributed by atoms with van der Waals surface area (Å²) in [5.41, 5.74) is 0.430. The van der Waals surface area contributed by atoms with Crippen LogP contribution in [0.5, 0.6) is 0 Å². The van der Waals surface area contributed by atoms with Crippen LogP contribution in [0.25, 0.3) is 0 Å². The molecule has 0 aromatic heterocycles. The summed E-state index contributed by atoms with van der Waals surface area (Å²) in [5, 5.41) is 49.1. The van der Waals surface area contributed by atoms with Crippen molar-refractivity contribution in [1.29, 1.82) is 0 Å². The molecule has 69 heavy (non-hydrogen) atoms. The number of hydrogen-bond acceptors (Lipinski definition) is 9. The molecule has 1 unspecified atom stereocenters. The maximum absolute atomic E-state index is 11.8. The summed E-state index contributed by atoms with van der Waals surface area (Å²) in [7, 11) is 0. The highest BCUT2D eigenvalue weighted by Gasteiger charge is 2.64. The van der Waals surface area contributed by atoms with Crippen molar-refractivity contribution < 1.29 is 44.4 Å². The average molecular weight is 1020 g/mol. The lowest BCUT2D eigenvalue weighted by molar-refractivity contribution is -0.175. The molecular weight excluding hydrogens is 924 g/mol. The van der Waals surface area contributed by atoms with Gasteiger partial charge in [0.2, 0.25) is 0 Å². The van der Waals surface area contributed by atoms with Gasteiger partial charge < -0.3 is 30.1 Å². The van der Waals surface area contributed by atoms with Crippen LogP contribution in [0.2, 0.25) is 0 Å². The molecule has 1 aromatic carbocycles. The van der Waals surface area contributed by atoms with Crippen molar-refractivity contribution >= 4 is 46.4 Å². The van der Waals surface area contributed by atoms with Crippen LogP contribution in [0.3, 0.4) is 0 Å².